The third-order valence-corrected chi connectivity index (χ3v) is 2.83. The van der Waals surface area contributed by atoms with Gasteiger partial charge in [0.25, 0.3) is 5.69 Å². The van der Waals surface area contributed by atoms with Crippen molar-refractivity contribution in [1.82, 2.24) is 9.78 Å². The number of hydrogen-bond donors (Lipinski definition) is 2. The van der Waals surface area contributed by atoms with Crippen molar-refractivity contribution in [3.8, 4) is 0 Å². The number of nitro benzene ring substituents is 1. The molecule has 0 aliphatic heterocycles. The zero-order valence-corrected chi connectivity index (χ0v) is 10.8. The zero-order chi connectivity index (χ0) is 14.0. The molecule has 7 nitrogen and oxygen atoms in total. The summed E-state index contributed by atoms with van der Waals surface area (Å²) in [6, 6.07) is 4.38. The van der Waals surface area contributed by atoms with Gasteiger partial charge in [0.2, 0.25) is 0 Å². The van der Waals surface area contributed by atoms with Crippen molar-refractivity contribution in [2.24, 2.45) is 7.05 Å². The topological polar surface area (TPSA) is 99.0 Å². The number of anilines is 2. The lowest BCUT2D eigenvalue weighted by Gasteiger charge is -2.08. The summed E-state index contributed by atoms with van der Waals surface area (Å²) in [5.74, 6) is 0. The van der Waals surface area contributed by atoms with Crippen molar-refractivity contribution in [3.63, 3.8) is 0 Å². The van der Waals surface area contributed by atoms with Gasteiger partial charge < -0.3 is 11.1 Å². The van der Waals surface area contributed by atoms with Crippen molar-refractivity contribution in [1.29, 1.82) is 0 Å². The molecule has 0 aliphatic carbocycles. The van der Waals surface area contributed by atoms with E-state index in [0.29, 0.717) is 17.9 Å². The minimum Gasteiger partial charge on any atom is -0.397 e. The minimum atomic E-state index is -0.467. The van der Waals surface area contributed by atoms with Gasteiger partial charge in [-0.25, -0.2) is 0 Å². The molecule has 1 aromatic heterocycles. The quantitative estimate of drug-likeness (QED) is 0.497. The molecular weight excluding hydrogens is 246 g/mol. The summed E-state index contributed by atoms with van der Waals surface area (Å²) >= 11 is 0. The fraction of sp³-hybridized carbons (Fsp3) is 0.250. The fourth-order valence-corrected chi connectivity index (χ4v) is 1.84. The van der Waals surface area contributed by atoms with Crippen LogP contribution in [0.15, 0.2) is 24.4 Å². The number of nitrogen functional groups attached to an aromatic ring is 1. The lowest BCUT2D eigenvalue weighted by Crippen LogP contribution is -2.03. The molecule has 0 bridgehead atoms. The Morgan fingerprint density at radius 2 is 2.26 bits per heavy atom. The van der Waals surface area contributed by atoms with E-state index in [1.807, 2.05) is 20.2 Å². The molecule has 0 saturated heterocycles. The third kappa shape index (κ3) is 2.82. The van der Waals surface area contributed by atoms with Crippen LogP contribution in [-0.4, -0.2) is 14.7 Å². The van der Waals surface area contributed by atoms with Gasteiger partial charge in [0, 0.05) is 37.5 Å². The number of rotatable bonds is 4. The lowest BCUT2D eigenvalue weighted by atomic mass is 10.2. The highest BCUT2D eigenvalue weighted by Crippen LogP contribution is 2.24. The second-order valence-electron chi connectivity index (χ2n) is 4.30. The second kappa shape index (κ2) is 4.97. The van der Waals surface area contributed by atoms with Crippen LogP contribution in [0, 0.1) is 17.0 Å². The van der Waals surface area contributed by atoms with Crippen LogP contribution in [0.5, 0.6) is 0 Å². The maximum Gasteiger partial charge on any atom is 0.271 e. The third-order valence-electron chi connectivity index (χ3n) is 2.83. The first-order valence-electron chi connectivity index (χ1n) is 5.74. The fourth-order valence-electron chi connectivity index (χ4n) is 1.84. The van der Waals surface area contributed by atoms with Crippen LogP contribution >= 0.6 is 0 Å². The Labute approximate surface area is 110 Å². The van der Waals surface area contributed by atoms with Gasteiger partial charge in [-0.2, -0.15) is 5.10 Å². The number of non-ortho nitro benzene ring substituents is 1. The van der Waals surface area contributed by atoms with E-state index >= 15 is 0 Å². The van der Waals surface area contributed by atoms with E-state index in [1.165, 1.54) is 12.1 Å². The first-order valence-corrected chi connectivity index (χ1v) is 5.74. The van der Waals surface area contributed by atoms with Crippen LogP contribution in [-0.2, 0) is 13.6 Å². The molecule has 7 heteroatoms. The number of nitrogens with one attached hydrogen (secondary N) is 1. The van der Waals surface area contributed by atoms with Crippen LogP contribution in [0.3, 0.4) is 0 Å². The number of aromatic nitrogens is 2. The van der Waals surface area contributed by atoms with E-state index in [1.54, 1.807) is 10.7 Å². The first kappa shape index (κ1) is 12.9. The van der Waals surface area contributed by atoms with Crippen molar-refractivity contribution >= 4 is 17.1 Å². The van der Waals surface area contributed by atoms with Crippen LogP contribution in [0.2, 0.25) is 0 Å². The predicted molar refractivity (Wildman–Crippen MR) is 72.8 cm³/mol. The molecule has 0 saturated carbocycles. The number of nitrogens with two attached hydrogens (primary N) is 1. The largest absolute Gasteiger partial charge is 0.397 e. The van der Waals surface area contributed by atoms with Gasteiger partial charge in [-0.1, -0.05) is 0 Å². The first-order chi connectivity index (χ1) is 8.97. The lowest BCUT2D eigenvalue weighted by molar-refractivity contribution is -0.384. The summed E-state index contributed by atoms with van der Waals surface area (Å²) < 4.78 is 1.74. The molecule has 100 valence electrons. The van der Waals surface area contributed by atoms with Crippen molar-refractivity contribution in [2.75, 3.05) is 11.1 Å². The molecular formula is C12H15N5O2. The van der Waals surface area contributed by atoms with Crippen LogP contribution < -0.4 is 11.1 Å². The highest BCUT2D eigenvalue weighted by molar-refractivity contribution is 5.69. The molecule has 3 N–H and O–H groups in total. The molecule has 0 amide bonds. The van der Waals surface area contributed by atoms with E-state index in [9.17, 15) is 10.1 Å². The number of nitrogens with zero attached hydrogens (tertiary/aromatic N) is 3. The summed E-state index contributed by atoms with van der Waals surface area (Å²) in [6.07, 6.45) is 1.92. The molecule has 0 atom stereocenters. The van der Waals surface area contributed by atoms with Crippen LogP contribution in [0.4, 0.5) is 17.1 Å². The molecule has 0 fully saturated rings. The van der Waals surface area contributed by atoms with Crippen LogP contribution in [0.1, 0.15) is 11.3 Å². The standard InChI is InChI=1S/C12H15N5O2/c1-8-9(7-16(2)15-8)6-14-12-4-3-10(17(18)19)5-11(12)13/h3-5,7,14H,6,13H2,1-2H3. The Bertz CT molecular complexity index is 621. The Morgan fingerprint density at radius 3 is 2.79 bits per heavy atom. The molecule has 0 spiro atoms. The summed E-state index contributed by atoms with van der Waals surface area (Å²) in [5.41, 5.74) is 8.79. The van der Waals surface area contributed by atoms with E-state index in [0.717, 1.165) is 11.3 Å². The van der Waals surface area contributed by atoms with Gasteiger partial charge >= 0.3 is 0 Å². The minimum absolute atomic E-state index is 0.0133. The summed E-state index contributed by atoms with van der Waals surface area (Å²) in [7, 11) is 1.86. The Hall–Kier alpha value is -2.57. The average Bonchev–Trinajstić information content (AvgIpc) is 2.66. The highest BCUT2D eigenvalue weighted by Gasteiger charge is 2.09. The molecule has 0 radical (unpaired) electrons. The molecule has 1 aromatic carbocycles. The van der Waals surface area contributed by atoms with E-state index in [4.69, 9.17) is 5.73 Å². The van der Waals surface area contributed by atoms with Crippen molar-refractivity contribution in [2.45, 2.75) is 13.5 Å². The van der Waals surface area contributed by atoms with Gasteiger partial charge in [0.05, 0.1) is 22.0 Å². The maximum atomic E-state index is 10.6. The second-order valence-corrected chi connectivity index (χ2v) is 4.30. The number of nitro groups is 1. The Kier molecular flexibility index (Phi) is 3.37. The van der Waals surface area contributed by atoms with E-state index < -0.39 is 4.92 Å². The normalized spacial score (nSPS) is 10.4. The van der Waals surface area contributed by atoms with Gasteiger partial charge in [0.1, 0.15) is 0 Å². The monoisotopic (exact) mass is 261 g/mol. The molecule has 2 aromatic rings. The van der Waals surface area contributed by atoms with Gasteiger partial charge in [-0.15, -0.1) is 0 Å². The molecule has 0 aliphatic rings. The van der Waals surface area contributed by atoms with Crippen molar-refractivity contribution in [3.05, 3.63) is 45.8 Å². The summed E-state index contributed by atoms with van der Waals surface area (Å²) in [4.78, 5) is 10.1. The van der Waals surface area contributed by atoms with Crippen molar-refractivity contribution < 1.29 is 4.92 Å². The van der Waals surface area contributed by atoms with E-state index in [-0.39, 0.29) is 5.69 Å². The summed E-state index contributed by atoms with van der Waals surface area (Å²) in [5, 5.41) is 18.0. The predicted octanol–water partition coefficient (Wildman–Crippen LogP) is 1.83. The maximum absolute atomic E-state index is 10.6. The Balaban J connectivity index is 2.12. The van der Waals surface area contributed by atoms with E-state index in [2.05, 4.69) is 10.4 Å². The highest BCUT2D eigenvalue weighted by atomic mass is 16.6. The number of benzene rings is 1. The van der Waals surface area contributed by atoms with Gasteiger partial charge in [-0.3, -0.25) is 14.8 Å². The number of aryl methyl sites for hydroxylation is 2. The molecule has 1 heterocycles. The zero-order valence-electron chi connectivity index (χ0n) is 10.8. The molecule has 0 unspecified atom stereocenters. The molecule has 19 heavy (non-hydrogen) atoms. The Morgan fingerprint density at radius 1 is 1.53 bits per heavy atom. The summed E-state index contributed by atoms with van der Waals surface area (Å²) in [6.45, 7) is 2.50. The molecule has 2 rings (SSSR count). The van der Waals surface area contributed by atoms with Gasteiger partial charge in [0.15, 0.2) is 0 Å². The smallest absolute Gasteiger partial charge is 0.271 e. The SMILES string of the molecule is Cc1nn(C)cc1CNc1ccc([N+](=O)[O-])cc1N. The van der Waals surface area contributed by atoms with Crippen LogP contribution in [0.25, 0.3) is 0 Å². The number of hydrogen-bond acceptors (Lipinski definition) is 5. The average molecular weight is 261 g/mol. The van der Waals surface area contributed by atoms with Gasteiger partial charge in [-0.05, 0) is 13.0 Å².